The first-order valence-electron chi connectivity index (χ1n) is 10.9. The molecule has 0 saturated heterocycles. The van der Waals surface area contributed by atoms with Gasteiger partial charge in [-0.3, -0.25) is 0 Å². The van der Waals surface area contributed by atoms with Crippen molar-refractivity contribution in [1.82, 2.24) is 10.0 Å². The van der Waals surface area contributed by atoms with Crippen LogP contribution in [0.3, 0.4) is 0 Å². The maximum absolute atomic E-state index is 13.0. The maximum atomic E-state index is 13.0. The molecule has 2 N–H and O–H groups in total. The number of benzene rings is 3. The zero-order valence-electron chi connectivity index (χ0n) is 18.0. The van der Waals surface area contributed by atoms with E-state index in [1.54, 1.807) is 31.4 Å². The predicted molar refractivity (Wildman–Crippen MR) is 125 cm³/mol. The lowest BCUT2D eigenvalue weighted by Crippen LogP contribution is -2.52. The van der Waals surface area contributed by atoms with E-state index in [9.17, 15) is 8.42 Å². The molecule has 3 aromatic rings. The number of ether oxygens (including phenoxy) is 1. The minimum atomic E-state index is -3.60. The molecule has 0 heterocycles. The van der Waals surface area contributed by atoms with Crippen LogP contribution in [0.25, 0.3) is 10.8 Å². The summed E-state index contributed by atoms with van der Waals surface area (Å²) in [4.78, 5) is 0.264. The molecule has 0 spiro atoms. The smallest absolute Gasteiger partial charge is 0.240 e. The topological polar surface area (TPSA) is 67.4 Å². The van der Waals surface area contributed by atoms with Gasteiger partial charge in [0.25, 0.3) is 0 Å². The molecule has 0 aliphatic heterocycles. The highest BCUT2D eigenvalue weighted by Gasteiger charge is 2.30. The monoisotopic (exact) mass is 438 g/mol. The average molecular weight is 439 g/mol. The molecule has 1 saturated carbocycles. The van der Waals surface area contributed by atoms with Gasteiger partial charge < -0.3 is 10.1 Å². The Hall–Kier alpha value is -2.41. The fourth-order valence-electron chi connectivity index (χ4n) is 4.53. The van der Waals surface area contributed by atoms with Crippen LogP contribution in [0.4, 0.5) is 0 Å². The highest BCUT2D eigenvalue weighted by atomic mass is 32.2. The Morgan fingerprint density at radius 3 is 2.32 bits per heavy atom. The number of nitrogens with one attached hydrogen (secondary N) is 2. The van der Waals surface area contributed by atoms with Crippen molar-refractivity contribution in [2.75, 3.05) is 7.11 Å². The van der Waals surface area contributed by atoms with Gasteiger partial charge in [0, 0.05) is 18.1 Å². The van der Waals surface area contributed by atoms with E-state index in [1.807, 2.05) is 0 Å². The Morgan fingerprint density at radius 1 is 0.903 bits per heavy atom. The second-order valence-electron chi connectivity index (χ2n) is 8.25. The van der Waals surface area contributed by atoms with Crippen LogP contribution in [0, 0.1) is 0 Å². The lowest BCUT2D eigenvalue weighted by molar-refractivity contribution is 0.291. The van der Waals surface area contributed by atoms with Crippen molar-refractivity contribution in [2.24, 2.45) is 0 Å². The number of sulfonamides is 1. The summed E-state index contributed by atoms with van der Waals surface area (Å²) in [6.45, 7) is 2.16. The summed E-state index contributed by atoms with van der Waals surface area (Å²) in [6, 6.07) is 21.3. The quantitative estimate of drug-likeness (QED) is 0.557. The van der Waals surface area contributed by atoms with Gasteiger partial charge in [-0.2, -0.15) is 0 Å². The average Bonchev–Trinajstić information content (AvgIpc) is 2.80. The molecule has 3 aromatic carbocycles. The second-order valence-corrected chi connectivity index (χ2v) is 9.96. The molecule has 6 heteroatoms. The molecule has 164 valence electrons. The van der Waals surface area contributed by atoms with Crippen molar-refractivity contribution in [2.45, 2.75) is 55.6 Å². The van der Waals surface area contributed by atoms with E-state index >= 15 is 0 Å². The van der Waals surface area contributed by atoms with Gasteiger partial charge in [-0.05, 0) is 60.4 Å². The summed E-state index contributed by atoms with van der Waals surface area (Å²) in [6.07, 6.45) is 3.90. The lowest BCUT2D eigenvalue weighted by atomic mass is 9.89. The summed E-state index contributed by atoms with van der Waals surface area (Å²) in [7, 11) is -2.03. The van der Waals surface area contributed by atoms with Crippen molar-refractivity contribution in [1.29, 1.82) is 0 Å². The van der Waals surface area contributed by atoms with E-state index in [1.165, 1.54) is 16.3 Å². The Labute approximate surface area is 184 Å². The molecule has 4 rings (SSSR count). The fourth-order valence-corrected chi connectivity index (χ4v) is 5.84. The van der Waals surface area contributed by atoms with Crippen LogP contribution in [0.5, 0.6) is 5.75 Å². The molecule has 0 amide bonds. The third-order valence-electron chi connectivity index (χ3n) is 6.20. The minimum Gasteiger partial charge on any atom is -0.497 e. The fraction of sp³-hybridized carbons (Fsp3) is 0.360. The van der Waals surface area contributed by atoms with E-state index in [4.69, 9.17) is 4.74 Å². The number of hydrogen-bond acceptors (Lipinski definition) is 4. The number of rotatable bonds is 7. The highest BCUT2D eigenvalue weighted by Crippen LogP contribution is 2.28. The van der Waals surface area contributed by atoms with Gasteiger partial charge in [0.2, 0.25) is 10.0 Å². The van der Waals surface area contributed by atoms with Crippen LogP contribution in [0.15, 0.2) is 71.6 Å². The third kappa shape index (κ3) is 4.92. The zero-order valence-corrected chi connectivity index (χ0v) is 18.9. The van der Waals surface area contributed by atoms with E-state index < -0.39 is 10.0 Å². The standard InChI is InChI=1S/C25H30N2O3S/c1-18(22-11-7-9-19-8-3-4-10-23(19)22)26-24-12-5-6-13-25(24)27-31(28,29)21-16-14-20(30-2)15-17-21/h3-4,7-11,14-18,24-27H,5-6,12-13H2,1-2H3. The normalized spacial score (nSPS) is 20.5. The van der Waals surface area contributed by atoms with Gasteiger partial charge in [0.05, 0.1) is 12.0 Å². The van der Waals surface area contributed by atoms with Crippen molar-refractivity contribution in [3.8, 4) is 5.75 Å². The first-order chi connectivity index (χ1) is 15.0. The molecule has 1 aliphatic rings. The van der Waals surface area contributed by atoms with Crippen molar-refractivity contribution in [3.63, 3.8) is 0 Å². The van der Waals surface area contributed by atoms with E-state index in [0.29, 0.717) is 5.75 Å². The summed E-state index contributed by atoms with van der Waals surface area (Å²) in [5.41, 5.74) is 1.24. The third-order valence-corrected chi connectivity index (χ3v) is 7.70. The Morgan fingerprint density at radius 2 is 1.58 bits per heavy atom. The summed E-state index contributed by atoms with van der Waals surface area (Å²) in [5, 5.41) is 6.17. The number of hydrogen-bond donors (Lipinski definition) is 2. The predicted octanol–water partition coefficient (Wildman–Crippen LogP) is 4.79. The zero-order chi connectivity index (χ0) is 21.8. The number of methoxy groups -OCH3 is 1. The second kappa shape index (κ2) is 9.39. The molecule has 3 unspecified atom stereocenters. The molecule has 0 radical (unpaired) electrons. The molecule has 1 aliphatic carbocycles. The molecule has 0 bridgehead atoms. The van der Waals surface area contributed by atoms with E-state index in [-0.39, 0.29) is 23.0 Å². The van der Waals surface area contributed by atoms with Gasteiger partial charge in [-0.25, -0.2) is 13.1 Å². The summed E-state index contributed by atoms with van der Waals surface area (Å²) < 4.78 is 34.1. The van der Waals surface area contributed by atoms with Crippen molar-refractivity contribution in [3.05, 3.63) is 72.3 Å². The summed E-state index contributed by atoms with van der Waals surface area (Å²) in [5.74, 6) is 0.639. The SMILES string of the molecule is COc1ccc(S(=O)(=O)NC2CCCCC2NC(C)c2cccc3ccccc23)cc1. The first kappa shape index (κ1) is 21.8. The molecule has 0 aromatic heterocycles. The molecule has 31 heavy (non-hydrogen) atoms. The molecule has 3 atom stereocenters. The van der Waals surface area contributed by atoms with Gasteiger partial charge >= 0.3 is 0 Å². The molecular weight excluding hydrogens is 408 g/mol. The minimum absolute atomic E-state index is 0.0794. The van der Waals surface area contributed by atoms with Crippen LogP contribution in [-0.2, 0) is 10.0 Å². The van der Waals surface area contributed by atoms with Gasteiger partial charge in [0.15, 0.2) is 0 Å². The maximum Gasteiger partial charge on any atom is 0.240 e. The molecule has 1 fully saturated rings. The van der Waals surface area contributed by atoms with E-state index in [2.05, 4.69) is 59.4 Å². The molecule has 5 nitrogen and oxygen atoms in total. The van der Waals surface area contributed by atoms with Crippen LogP contribution in [0.2, 0.25) is 0 Å². The van der Waals surface area contributed by atoms with Crippen LogP contribution >= 0.6 is 0 Å². The van der Waals surface area contributed by atoms with Crippen molar-refractivity contribution < 1.29 is 13.2 Å². The van der Waals surface area contributed by atoms with Crippen LogP contribution in [-0.4, -0.2) is 27.6 Å². The van der Waals surface area contributed by atoms with Gasteiger partial charge in [-0.1, -0.05) is 55.3 Å². The van der Waals surface area contributed by atoms with Crippen LogP contribution < -0.4 is 14.8 Å². The van der Waals surface area contributed by atoms with Crippen LogP contribution in [0.1, 0.15) is 44.2 Å². The Bertz CT molecular complexity index is 1120. The lowest BCUT2D eigenvalue weighted by Gasteiger charge is -2.35. The van der Waals surface area contributed by atoms with E-state index in [0.717, 1.165) is 25.7 Å². The first-order valence-corrected chi connectivity index (χ1v) is 12.4. The number of fused-ring (bicyclic) bond motifs is 1. The largest absolute Gasteiger partial charge is 0.497 e. The Kier molecular flexibility index (Phi) is 6.60. The Balaban J connectivity index is 1.51. The summed E-state index contributed by atoms with van der Waals surface area (Å²) >= 11 is 0. The van der Waals surface area contributed by atoms with Crippen molar-refractivity contribution >= 4 is 20.8 Å². The highest BCUT2D eigenvalue weighted by molar-refractivity contribution is 7.89. The molecular formula is C25H30N2O3S. The van der Waals surface area contributed by atoms with Gasteiger partial charge in [0.1, 0.15) is 5.75 Å². The van der Waals surface area contributed by atoms with Gasteiger partial charge in [-0.15, -0.1) is 0 Å².